The van der Waals surface area contributed by atoms with Crippen LogP contribution in [0, 0.1) is 13.8 Å². The molecule has 1 amide bonds. The summed E-state index contributed by atoms with van der Waals surface area (Å²) in [5, 5.41) is 10.0. The molecule has 2 rings (SSSR count). The van der Waals surface area contributed by atoms with Crippen LogP contribution in [-0.4, -0.2) is 20.6 Å². The lowest BCUT2D eigenvalue weighted by atomic mass is 10.1. The zero-order chi connectivity index (χ0) is 15.0. The highest BCUT2D eigenvalue weighted by Gasteiger charge is 2.20. The standard InChI is InChI=1S/C13H13N3O4/c1-6-4-3-5-8(7(6)2)16-12(19)9(10(14)17)11(18)15-13(16)20/h3-5,19H,1-2H3,(H2,14,17)(H,15,18,20). The van der Waals surface area contributed by atoms with Gasteiger partial charge in [-0.25, -0.2) is 9.36 Å². The van der Waals surface area contributed by atoms with Gasteiger partial charge < -0.3 is 10.8 Å². The van der Waals surface area contributed by atoms with E-state index in [0.717, 1.165) is 15.7 Å². The lowest BCUT2D eigenvalue weighted by Gasteiger charge is -2.13. The number of aromatic hydroxyl groups is 1. The molecule has 4 N–H and O–H groups in total. The number of nitrogens with one attached hydrogen (secondary N) is 1. The minimum Gasteiger partial charge on any atom is -0.493 e. The van der Waals surface area contributed by atoms with E-state index in [9.17, 15) is 19.5 Å². The molecule has 0 aliphatic carbocycles. The van der Waals surface area contributed by atoms with Crippen molar-refractivity contribution in [3.05, 3.63) is 55.7 Å². The Bertz CT molecular complexity index is 817. The lowest BCUT2D eigenvalue weighted by molar-refractivity contribution is 0.0995. The van der Waals surface area contributed by atoms with Gasteiger partial charge in [-0.05, 0) is 31.0 Å². The van der Waals surface area contributed by atoms with Crippen LogP contribution in [0.4, 0.5) is 0 Å². The Hall–Kier alpha value is -2.83. The number of amides is 1. The van der Waals surface area contributed by atoms with Crippen molar-refractivity contribution in [2.45, 2.75) is 13.8 Å². The van der Waals surface area contributed by atoms with Crippen LogP contribution < -0.4 is 17.0 Å². The maximum atomic E-state index is 11.9. The van der Waals surface area contributed by atoms with Crippen LogP contribution in [0.1, 0.15) is 21.5 Å². The van der Waals surface area contributed by atoms with Crippen molar-refractivity contribution in [3.63, 3.8) is 0 Å². The van der Waals surface area contributed by atoms with Gasteiger partial charge in [0.2, 0.25) is 5.88 Å². The average Bonchev–Trinajstić information content (AvgIpc) is 2.33. The molecular formula is C13H13N3O4. The number of primary amides is 1. The molecule has 104 valence electrons. The molecule has 7 nitrogen and oxygen atoms in total. The van der Waals surface area contributed by atoms with E-state index in [1.165, 1.54) is 0 Å². The second kappa shape index (κ2) is 4.69. The lowest BCUT2D eigenvalue weighted by Crippen LogP contribution is -2.35. The van der Waals surface area contributed by atoms with Crippen LogP contribution in [0.25, 0.3) is 5.69 Å². The predicted octanol–water partition coefficient (Wildman–Crippen LogP) is -0.0529. The largest absolute Gasteiger partial charge is 0.493 e. The zero-order valence-corrected chi connectivity index (χ0v) is 10.9. The highest BCUT2D eigenvalue weighted by Crippen LogP contribution is 2.21. The minimum atomic E-state index is -1.11. The summed E-state index contributed by atoms with van der Waals surface area (Å²) in [5.41, 5.74) is 4.53. The number of carbonyl (C=O) groups is 1. The van der Waals surface area contributed by atoms with Gasteiger partial charge in [-0.15, -0.1) is 0 Å². The van der Waals surface area contributed by atoms with Crippen LogP contribution in [0.15, 0.2) is 27.8 Å². The third-order valence-corrected chi connectivity index (χ3v) is 3.15. The molecule has 7 heteroatoms. The first-order valence-electron chi connectivity index (χ1n) is 5.79. The van der Waals surface area contributed by atoms with Crippen molar-refractivity contribution < 1.29 is 9.90 Å². The molecule has 0 radical (unpaired) electrons. The average molecular weight is 275 g/mol. The maximum Gasteiger partial charge on any atom is 0.335 e. The molecule has 0 unspecified atom stereocenters. The molecule has 0 aliphatic rings. The number of H-pyrrole nitrogens is 1. The van der Waals surface area contributed by atoms with Gasteiger partial charge in [-0.1, -0.05) is 12.1 Å². The summed E-state index contributed by atoms with van der Waals surface area (Å²) in [7, 11) is 0. The van der Waals surface area contributed by atoms with E-state index in [-0.39, 0.29) is 0 Å². The second-order valence-corrected chi connectivity index (χ2v) is 4.38. The number of aryl methyl sites for hydroxylation is 1. The van der Waals surface area contributed by atoms with E-state index in [2.05, 4.69) is 0 Å². The molecule has 0 aliphatic heterocycles. The van der Waals surface area contributed by atoms with Crippen LogP contribution in [-0.2, 0) is 0 Å². The van der Waals surface area contributed by atoms with Gasteiger partial charge in [0.25, 0.3) is 11.5 Å². The van der Waals surface area contributed by atoms with Gasteiger partial charge in [0, 0.05) is 0 Å². The van der Waals surface area contributed by atoms with Crippen LogP contribution in [0.2, 0.25) is 0 Å². The van der Waals surface area contributed by atoms with Crippen molar-refractivity contribution >= 4 is 5.91 Å². The Morgan fingerprint density at radius 1 is 1.30 bits per heavy atom. The van der Waals surface area contributed by atoms with Crippen LogP contribution in [0.5, 0.6) is 5.88 Å². The Kier molecular flexibility index (Phi) is 3.19. The quantitative estimate of drug-likeness (QED) is 0.711. The molecule has 20 heavy (non-hydrogen) atoms. The monoisotopic (exact) mass is 275 g/mol. The van der Waals surface area contributed by atoms with Crippen molar-refractivity contribution in [2.24, 2.45) is 5.73 Å². The first-order chi connectivity index (χ1) is 9.34. The number of nitrogens with zero attached hydrogens (tertiary/aromatic N) is 1. The molecule has 0 saturated carbocycles. The summed E-state index contributed by atoms with van der Waals surface area (Å²) in [6.45, 7) is 3.59. The summed E-state index contributed by atoms with van der Waals surface area (Å²) in [6, 6.07) is 5.12. The minimum absolute atomic E-state index is 0.367. The van der Waals surface area contributed by atoms with Crippen molar-refractivity contribution in [2.75, 3.05) is 0 Å². The van der Waals surface area contributed by atoms with Crippen LogP contribution in [0.3, 0.4) is 0 Å². The Morgan fingerprint density at radius 2 is 1.95 bits per heavy atom. The molecule has 0 saturated heterocycles. The summed E-state index contributed by atoms with van der Waals surface area (Å²) < 4.78 is 0.851. The van der Waals surface area contributed by atoms with Gasteiger partial charge in [0.1, 0.15) is 0 Å². The van der Waals surface area contributed by atoms with E-state index in [0.29, 0.717) is 5.69 Å². The molecular weight excluding hydrogens is 262 g/mol. The Balaban J connectivity index is 2.92. The number of aromatic amines is 1. The summed E-state index contributed by atoms with van der Waals surface area (Å²) in [6.07, 6.45) is 0. The molecule has 1 aromatic carbocycles. The smallest absolute Gasteiger partial charge is 0.335 e. The third-order valence-electron chi connectivity index (χ3n) is 3.15. The Morgan fingerprint density at radius 3 is 2.55 bits per heavy atom. The van der Waals surface area contributed by atoms with E-state index in [4.69, 9.17) is 5.73 Å². The third kappa shape index (κ3) is 1.99. The van der Waals surface area contributed by atoms with E-state index >= 15 is 0 Å². The number of aromatic nitrogens is 2. The first kappa shape index (κ1) is 13.6. The second-order valence-electron chi connectivity index (χ2n) is 4.38. The van der Waals surface area contributed by atoms with Crippen molar-refractivity contribution in [3.8, 4) is 11.6 Å². The molecule has 1 aromatic heterocycles. The van der Waals surface area contributed by atoms with Crippen molar-refractivity contribution in [1.82, 2.24) is 9.55 Å². The number of hydrogen-bond acceptors (Lipinski definition) is 4. The molecule has 1 heterocycles. The summed E-state index contributed by atoms with van der Waals surface area (Å²) >= 11 is 0. The van der Waals surface area contributed by atoms with Crippen LogP contribution >= 0.6 is 0 Å². The fourth-order valence-corrected chi connectivity index (χ4v) is 1.95. The van der Waals surface area contributed by atoms with Gasteiger partial charge in [0.05, 0.1) is 5.69 Å². The van der Waals surface area contributed by atoms with Gasteiger partial charge in [-0.3, -0.25) is 14.6 Å². The molecule has 0 fully saturated rings. The summed E-state index contributed by atoms with van der Waals surface area (Å²) in [5.74, 6) is -1.87. The Labute approximate surface area is 113 Å². The maximum absolute atomic E-state index is 11.9. The van der Waals surface area contributed by atoms with E-state index in [1.807, 2.05) is 18.0 Å². The highest BCUT2D eigenvalue weighted by molar-refractivity contribution is 5.94. The van der Waals surface area contributed by atoms with Crippen molar-refractivity contribution in [1.29, 1.82) is 0 Å². The highest BCUT2D eigenvalue weighted by atomic mass is 16.3. The molecule has 0 spiro atoms. The van der Waals surface area contributed by atoms with E-state index in [1.54, 1.807) is 19.1 Å². The molecule has 0 bridgehead atoms. The summed E-state index contributed by atoms with van der Waals surface area (Å²) in [4.78, 5) is 36.6. The number of nitrogens with two attached hydrogens (primary N) is 1. The van der Waals surface area contributed by atoms with Gasteiger partial charge in [0.15, 0.2) is 5.56 Å². The fraction of sp³-hybridized carbons (Fsp3) is 0.154. The number of benzene rings is 1. The van der Waals surface area contributed by atoms with E-state index < -0.39 is 28.6 Å². The SMILES string of the molecule is Cc1cccc(-n2c(O)c(C(N)=O)c(=O)[nH]c2=O)c1C. The molecule has 0 atom stereocenters. The normalized spacial score (nSPS) is 10.5. The van der Waals surface area contributed by atoms with Gasteiger partial charge >= 0.3 is 5.69 Å². The number of carbonyl (C=O) groups excluding carboxylic acids is 1. The predicted molar refractivity (Wildman–Crippen MR) is 72.3 cm³/mol. The number of rotatable bonds is 2. The number of hydrogen-bond donors (Lipinski definition) is 3. The molecule has 2 aromatic rings. The first-order valence-corrected chi connectivity index (χ1v) is 5.79. The van der Waals surface area contributed by atoms with Gasteiger partial charge in [-0.2, -0.15) is 0 Å². The zero-order valence-electron chi connectivity index (χ0n) is 10.9. The topological polar surface area (TPSA) is 118 Å². The fourth-order valence-electron chi connectivity index (χ4n) is 1.95.